The molecule has 4 aromatic rings. The number of alkyl halides is 3. The SMILES string of the molecule is CCNC(=O)[C@@H]1CCCN1C(=O)[C@H](CCCN=C(N)N)NC(=O)[C@H](CC(C)C)NC(=O)[C@@H](COC(C)(C)C)NC(=O)[C@H](Cc1ccc(O)cc1)NC(=O)[C@H](CO)NC(=O)[C@H](CO)NC(=O)[C@H](Cc1c[nH]c2ccccc12)NC(=O)[C@H](Cc1cnc[nH]1)NC(=O)[C@@H]1CCC(=O)N1.O=C(O)C(F)(F)F. The Kier molecular flexibility index (Phi) is 31.4. The molecule has 0 saturated carbocycles. The molecule has 0 bridgehead atoms. The lowest BCUT2D eigenvalue weighted by molar-refractivity contribution is -0.192. The molecule has 102 heavy (non-hydrogen) atoms. The smallest absolute Gasteiger partial charge is 0.490 e. The number of carbonyl (C=O) groups excluding carboxylic acids is 11. The Hall–Kier alpha value is -10.4. The molecule has 0 unspecified atom stereocenters. The van der Waals surface area contributed by atoms with Gasteiger partial charge < -0.3 is 105 Å². The van der Waals surface area contributed by atoms with Crippen molar-refractivity contribution in [2.45, 2.75) is 178 Å². The third-order valence-electron chi connectivity index (χ3n) is 15.9. The number of hydrogen-bond acceptors (Lipinski definition) is 18. The van der Waals surface area contributed by atoms with Crippen molar-refractivity contribution in [1.29, 1.82) is 0 Å². The largest absolute Gasteiger partial charge is 0.508 e. The van der Waals surface area contributed by atoms with E-state index in [0.717, 1.165) is 0 Å². The summed E-state index contributed by atoms with van der Waals surface area (Å²) in [6.07, 6.45) is 0.203. The summed E-state index contributed by atoms with van der Waals surface area (Å²) in [6, 6.07) is -1.37. The van der Waals surface area contributed by atoms with Crippen LogP contribution >= 0.6 is 0 Å². The van der Waals surface area contributed by atoms with Crippen LogP contribution in [0, 0.1) is 5.92 Å². The average molecular weight is 1440 g/mol. The number of rotatable bonds is 35. The molecule has 37 heteroatoms. The number of aromatic hydroxyl groups is 1. The lowest BCUT2D eigenvalue weighted by Crippen LogP contribution is -2.62. The van der Waals surface area contributed by atoms with Crippen LogP contribution in [0.15, 0.2) is 72.2 Å². The van der Waals surface area contributed by atoms with Gasteiger partial charge in [-0.15, -0.1) is 0 Å². The first-order valence-corrected chi connectivity index (χ1v) is 32.9. The second-order valence-electron chi connectivity index (χ2n) is 25.6. The zero-order valence-electron chi connectivity index (χ0n) is 57.2. The van der Waals surface area contributed by atoms with Crippen LogP contribution in [0.1, 0.15) is 103 Å². The number of carbonyl (C=O) groups is 12. The number of fused-ring (bicyclic) bond motifs is 1. The van der Waals surface area contributed by atoms with Crippen molar-refractivity contribution in [2.24, 2.45) is 22.4 Å². The molecule has 6 rings (SSSR count). The van der Waals surface area contributed by atoms with Crippen molar-refractivity contribution < 1.29 is 95.9 Å². The summed E-state index contributed by atoms with van der Waals surface area (Å²) in [5.41, 5.74) is 12.2. The number of nitrogens with two attached hydrogens (primary N) is 2. The highest BCUT2D eigenvalue weighted by atomic mass is 19.4. The second kappa shape index (κ2) is 39.0. The number of aliphatic hydroxyl groups excluding tert-OH is 2. The van der Waals surface area contributed by atoms with E-state index in [1.807, 2.05) is 0 Å². The van der Waals surface area contributed by atoms with Crippen LogP contribution in [0.2, 0.25) is 0 Å². The van der Waals surface area contributed by atoms with Gasteiger partial charge in [-0.25, -0.2) is 9.78 Å². The molecule has 11 amide bonds. The minimum atomic E-state index is -5.08. The van der Waals surface area contributed by atoms with Gasteiger partial charge in [0, 0.05) is 74.3 Å². The van der Waals surface area contributed by atoms with Gasteiger partial charge in [0.05, 0.1) is 31.7 Å². The first-order valence-electron chi connectivity index (χ1n) is 32.9. The first kappa shape index (κ1) is 82.2. The average Bonchev–Trinajstić information content (AvgIpc) is 1.65. The summed E-state index contributed by atoms with van der Waals surface area (Å²) in [5.74, 6) is -12.1. The molecule has 2 aliphatic heterocycles. The standard InChI is InChI=1S/C63H91N17O15.C2HF3O2/c1-7-67-60(93)50-15-11-23-80(50)61(94)42(14-10-22-68-62(64)65)72-53(86)43(24-34(2)3)73-59(92)49(32-95-63(4,5)6)79-54(87)44(25-35-16-18-38(83)19-17-35)74-57(90)47(30-81)78-58(91)48(31-82)77-55(88)45(26-36-28-69-40-13-9-8-12-39(36)40)75-56(89)46(27-37-29-66-33-70-37)76-52(85)41-20-21-51(84)71-41;3-2(4,5)1(6)7/h8-9,12-13,16-19,28-29,33-34,41-50,69,81-83H,7,10-11,14-15,20-27,30-32H2,1-6H3,(H,66,70)(H,67,93)(H,71,84)(H,72,86)(H,73,92)(H,74,90)(H,75,89)(H,76,85)(H,77,88)(H,78,91)(H,79,87)(H4,64,65,68);(H,6,7)/t41-,42-,43-,44-,45-,46-,47-,48-,49+,50-;/m0./s1. The quantitative estimate of drug-likeness (QED) is 0.0128. The number of aliphatic carboxylic acids is 1. The number of likely N-dealkylation sites (tertiary alicyclic amines) is 1. The summed E-state index contributed by atoms with van der Waals surface area (Å²) in [7, 11) is 0. The van der Waals surface area contributed by atoms with Crippen LogP contribution < -0.4 is 64.6 Å². The maximum atomic E-state index is 14.7. The molecule has 2 aromatic heterocycles. The maximum Gasteiger partial charge on any atom is 0.490 e. The van der Waals surface area contributed by atoms with Crippen molar-refractivity contribution in [3.05, 3.63) is 84.1 Å². The number of para-hydroxylation sites is 1. The minimum absolute atomic E-state index is 0.0357. The molecular formula is C65H92F3N17O17. The molecule has 0 aliphatic carbocycles. The third kappa shape index (κ3) is 26.3. The fourth-order valence-electron chi connectivity index (χ4n) is 10.8. The zero-order valence-corrected chi connectivity index (χ0v) is 57.2. The van der Waals surface area contributed by atoms with Crippen molar-refractivity contribution in [3.63, 3.8) is 0 Å². The van der Waals surface area contributed by atoms with Gasteiger partial charge in [-0.2, -0.15) is 13.2 Å². The Balaban J connectivity index is 0.00000253. The van der Waals surface area contributed by atoms with Crippen molar-refractivity contribution >= 4 is 87.8 Å². The summed E-state index contributed by atoms with van der Waals surface area (Å²) >= 11 is 0. The molecule has 2 aliphatic rings. The predicted octanol–water partition coefficient (Wildman–Crippen LogP) is -2.56. The van der Waals surface area contributed by atoms with Crippen LogP contribution in [0.3, 0.4) is 0 Å². The number of H-pyrrole nitrogens is 2. The lowest BCUT2D eigenvalue weighted by atomic mass is 10.0. The third-order valence-corrected chi connectivity index (χ3v) is 15.9. The Bertz CT molecular complexity index is 3560. The van der Waals surface area contributed by atoms with Gasteiger partial charge in [0.15, 0.2) is 5.96 Å². The number of amides is 11. The number of aliphatic imine (C=N–C) groups is 1. The monoisotopic (exact) mass is 1440 g/mol. The van der Waals surface area contributed by atoms with Gasteiger partial charge in [0.1, 0.15) is 66.2 Å². The maximum absolute atomic E-state index is 14.7. The van der Waals surface area contributed by atoms with Crippen molar-refractivity contribution in [2.75, 3.05) is 39.5 Å². The zero-order chi connectivity index (χ0) is 75.6. The van der Waals surface area contributed by atoms with Crippen molar-refractivity contribution in [3.8, 4) is 5.75 Å². The number of ether oxygens (including phenoxy) is 1. The predicted molar refractivity (Wildman–Crippen MR) is 359 cm³/mol. The lowest BCUT2D eigenvalue weighted by Gasteiger charge is -2.31. The summed E-state index contributed by atoms with van der Waals surface area (Å²) in [5, 5.41) is 65.2. The molecule has 20 N–H and O–H groups in total. The van der Waals surface area contributed by atoms with E-state index < -0.39 is 151 Å². The minimum Gasteiger partial charge on any atom is -0.508 e. The Morgan fingerprint density at radius 1 is 0.706 bits per heavy atom. The van der Waals surface area contributed by atoms with Gasteiger partial charge in [-0.1, -0.05) is 44.2 Å². The Labute approximate surface area is 584 Å². The van der Waals surface area contributed by atoms with E-state index in [1.165, 1.54) is 41.7 Å². The first-order chi connectivity index (χ1) is 48.1. The highest BCUT2D eigenvalue weighted by Crippen LogP contribution is 2.23. The number of carboxylic acid groups (broad SMARTS) is 1. The highest BCUT2D eigenvalue weighted by molar-refractivity contribution is 6.00. The van der Waals surface area contributed by atoms with Crippen LogP contribution in [0.4, 0.5) is 13.2 Å². The molecule has 4 heterocycles. The normalized spacial score (nSPS) is 16.7. The number of likely N-dealkylation sites (N-methyl/N-ethyl adjacent to an activating group) is 1. The number of hydrogen-bond donors (Lipinski definition) is 18. The summed E-state index contributed by atoms with van der Waals surface area (Å²) in [6.45, 7) is 8.44. The molecule has 2 saturated heterocycles. The molecule has 2 fully saturated rings. The highest BCUT2D eigenvalue weighted by Gasteiger charge is 2.41. The van der Waals surface area contributed by atoms with E-state index in [-0.39, 0.29) is 93.9 Å². The molecule has 2 aromatic carbocycles. The number of aliphatic hydroxyl groups is 2. The molecule has 10 atom stereocenters. The number of carboxylic acids is 1. The van der Waals surface area contributed by atoms with E-state index in [0.29, 0.717) is 47.1 Å². The van der Waals surface area contributed by atoms with Crippen LogP contribution in [0.5, 0.6) is 5.75 Å². The molecule has 0 radical (unpaired) electrons. The number of guanidine groups is 1. The van der Waals surface area contributed by atoms with Crippen LogP contribution in [0.25, 0.3) is 10.9 Å². The summed E-state index contributed by atoms with van der Waals surface area (Å²) < 4.78 is 37.8. The van der Waals surface area contributed by atoms with Gasteiger partial charge in [0.25, 0.3) is 0 Å². The molecule has 34 nitrogen and oxygen atoms in total. The Morgan fingerprint density at radius 2 is 1.25 bits per heavy atom. The van der Waals surface area contributed by atoms with E-state index in [4.69, 9.17) is 26.1 Å². The topological polar surface area (TPSA) is 527 Å². The van der Waals surface area contributed by atoms with Gasteiger partial charge in [-0.05, 0) is 101 Å². The molecule has 0 spiro atoms. The van der Waals surface area contributed by atoms with Crippen LogP contribution in [-0.2, 0) is 81.5 Å². The van der Waals surface area contributed by atoms with Gasteiger partial charge >= 0.3 is 12.1 Å². The molecular weight excluding hydrogens is 1350 g/mol. The number of aromatic nitrogens is 3. The number of nitrogens with zero attached hydrogens (tertiary/aromatic N) is 3. The number of phenols is 1. The summed E-state index contributed by atoms with van der Waals surface area (Å²) in [4.78, 5) is 178. The number of nitrogens with one attached hydrogen (secondary N) is 12. The fraction of sp³-hybridized carbons (Fsp3) is 0.538. The number of halogens is 3. The van der Waals surface area contributed by atoms with E-state index in [9.17, 15) is 81.2 Å². The number of aromatic amines is 2. The van der Waals surface area contributed by atoms with Gasteiger partial charge in [0.2, 0.25) is 65.0 Å². The molecule has 560 valence electrons. The fourth-order valence-corrected chi connectivity index (χ4v) is 10.8. The van der Waals surface area contributed by atoms with E-state index in [1.54, 1.807) is 72.0 Å². The van der Waals surface area contributed by atoms with Crippen molar-refractivity contribution in [1.82, 2.24) is 73.0 Å². The van der Waals surface area contributed by atoms with E-state index in [2.05, 4.69) is 73.1 Å². The van der Waals surface area contributed by atoms with E-state index >= 15 is 0 Å². The number of phenolic OH excluding ortho intramolecular Hbond substituents is 1. The van der Waals surface area contributed by atoms with Crippen LogP contribution in [-0.4, -0.2) is 229 Å². The number of imidazole rings is 1. The van der Waals surface area contributed by atoms with Gasteiger partial charge in [-0.3, -0.25) is 57.7 Å². The Morgan fingerprint density at radius 3 is 1.78 bits per heavy atom. The number of benzene rings is 2. The second-order valence-corrected chi connectivity index (χ2v) is 25.6.